The van der Waals surface area contributed by atoms with Crippen LogP contribution in [0, 0.1) is 5.41 Å². The van der Waals surface area contributed by atoms with E-state index in [1.54, 1.807) is 12.3 Å². The van der Waals surface area contributed by atoms with Crippen molar-refractivity contribution < 1.29 is 9.84 Å². The van der Waals surface area contributed by atoms with Crippen molar-refractivity contribution in [3.05, 3.63) is 22.8 Å². The van der Waals surface area contributed by atoms with Crippen LogP contribution in [0.25, 0.3) is 0 Å². The molecule has 0 aromatic carbocycles. The lowest BCUT2D eigenvalue weighted by Gasteiger charge is -2.18. The molecule has 0 bridgehead atoms. The minimum atomic E-state index is -0.0605. The first-order chi connectivity index (χ1) is 7.42. The van der Waals surface area contributed by atoms with Crippen LogP contribution in [0.3, 0.4) is 0 Å². The van der Waals surface area contributed by atoms with E-state index in [0.717, 1.165) is 6.42 Å². The third-order valence-corrected chi connectivity index (χ3v) is 2.41. The van der Waals surface area contributed by atoms with Gasteiger partial charge in [0.05, 0.1) is 13.2 Å². The van der Waals surface area contributed by atoms with E-state index in [1.165, 1.54) is 0 Å². The average molecular weight is 244 g/mol. The number of aliphatic hydroxyl groups excluding tert-OH is 1. The fourth-order valence-corrected chi connectivity index (χ4v) is 1.36. The van der Waals surface area contributed by atoms with Gasteiger partial charge in [-0.2, -0.15) is 0 Å². The summed E-state index contributed by atoms with van der Waals surface area (Å²) in [5.74, 6) is 0.433. The van der Waals surface area contributed by atoms with Crippen molar-refractivity contribution >= 4 is 11.6 Å². The van der Waals surface area contributed by atoms with E-state index in [9.17, 15) is 0 Å². The lowest BCUT2D eigenvalue weighted by molar-refractivity contribution is 0.236. The Kier molecular flexibility index (Phi) is 4.56. The summed E-state index contributed by atoms with van der Waals surface area (Å²) in [6, 6.07) is 1.67. The van der Waals surface area contributed by atoms with E-state index in [4.69, 9.17) is 21.4 Å². The topological polar surface area (TPSA) is 42.4 Å². The predicted octanol–water partition coefficient (Wildman–Crippen LogP) is 3.04. The summed E-state index contributed by atoms with van der Waals surface area (Å²) in [7, 11) is 0. The smallest absolute Gasteiger partial charge is 0.232 e. The summed E-state index contributed by atoms with van der Waals surface area (Å²) in [6.45, 7) is 6.99. The number of aromatic nitrogens is 1. The molecule has 0 fully saturated rings. The average Bonchev–Trinajstić information content (AvgIpc) is 2.18. The van der Waals surface area contributed by atoms with Crippen LogP contribution in [0.5, 0.6) is 5.88 Å². The molecule has 16 heavy (non-hydrogen) atoms. The number of ether oxygens (including phenoxy) is 1. The molecule has 0 aliphatic rings. The van der Waals surface area contributed by atoms with Gasteiger partial charge in [0.25, 0.3) is 0 Å². The van der Waals surface area contributed by atoms with Crippen LogP contribution in [0.4, 0.5) is 0 Å². The second-order valence-corrected chi connectivity index (χ2v) is 5.35. The van der Waals surface area contributed by atoms with E-state index in [1.807, 2.05) is 0 Å². The first-order valence-electron chi connectivity index (χ1n) is 5.30. The molecule has 0 spiro atoms. The molecule has 0 unspecified atom stereocenters. The van der Waals surface area contributed by atoms with Gasteiger partial charge >= 0.3 is 0 Å². The Morgan fingerprint density at radius 3 is 2.62 bits per heavy atom. The number of pyridine rings is 1. The highest BCUT2D eigenvalue weighted by Gasteiger charge is 2.11. The maximum atomic E-state index is 8.90. The van der Waals surface area contributed by atoms with Gasteiger partial charge in [0, 0.05) is 6.20 Å². The third kappa shape index (κ3) is 4.37. The zero-order chi connectivity index (χ0) is 12.2. The Hall–Kier alpha value is -0.800. The molecule has 0 radical (unpaired) electrons. The van der Waals surface area contributed by atoms with Crippen molar-refractivity contribution in [3.8, 4) is 5.88 Å². The van der Waals surface area contributed by atoms with Gasteiger partial charge in [-0.25, -0.2) is 4.98 Å². The van der Waals surface area contributed by atoms with E-state index in [2.05, 4.69) is 25.8 Å². The van der Waals surface area contributed by atoms with Gasteiger partial charge in [-0.05, 0) is 23.5 Å². The van der Waals surface area contributed by atoms with Crippen LogP contribution < -0.4 is 4.74 Å². The van der Waals surface area contributed by atoms with E-state index >= 15 is 0 Å². The number of hydrogen-bond acceptors (Lipinski definition) is 3. The maximum Gasteiger partial charge on any atom is 0.232 e. The van der Waals surface area contributed by atoms with Gasteiger partial charge in [0.1, 0.15) is 5.02 Å². The molecule has 0 amide bonds. The maximum absolute atomic E-state index is 8.90. The zero-order valence-electron chi connectivity index (χ0n) is 9.96. The van der Waals surface area contributed by atoms with Gasteiger partial charge in [0.15, 0.2) is 0 Å². The Morgan fingerprint density at radius 1 is 1.44 bits per heavy atom. The minimum Gasteiger partial charge on any atom is -0.477 e. The minimum absolute atomic E-state index is 0.0605. The number of rotatable bonds is 4. The van der Waals surface area contributed by atoms with Crippen molar-refractivity contribution in [2.75, 3.05) is 6.61 Å². The quantitative estimate of drug-likeness (QED) is 0.884. The summed E-state index contributed by atoms with van der Waals surface area (Å²) < 4.78 is 5.49. The van der Waals surface area contributed by atoms with E-state index in [-0.39, 0.29) is 12.0 Å². The lowest BCUT2D eigenvalue weighted by Crippen LogP contribution is -2.11. The first-order valence-corrected chi connectivity index (χ1v) is 5.68. The molecule has 1 rings (SSSR count). The molecule has 90 valence electrons. The molecule has 1 aromatic rings. The monoisotopic (exact) mass is 243 g/mol. The number of hydrogen-bond donors (Lipinski definition) is 1. The summed E-state index contributed by atoms with van der Waals surface area (Å²) in [5.41, 5.74) is 0.922. The molecule has 0 aliphatic carbocycles. The Morgan fingerprint density at radius 2 is 2.12 bits per heavy atom. The summed E-state index contributed by atoms with van der Waals surface area (Å²) in [5, 5.41) is 9.34. The predicted molar refractivity (Wildman–Crippen MR) is 64.7 cm³/mol. The molecule has 1 N–H and O–H groups in total. The molecule has 3 nitrogen and oxygen atoms in total. The summed E-state index contributed by atoms with van der Waals surface area (Å²) in [6.07, 6.45) is 2.51. The molecular weight excluding hydrogens is 226 g/mol. The molecule has 1 aromatic heterocycles. The molecule has 1 heterocycles. The number of halogens is 1. The molecule has 0 saturated heterocycles. The van der Waals surface area contributed by atoms with Crippen LogP contribution in [0.15, 0.2) is 12.3 Å². The lowest BCUT2D eigenvalue weighted by atomic mass is 9.93. The summed E-state index contributed by atoms with van der Waals surface area (Å²) in [4.78, 5) is 4.05. The highest BCUT2D eigenvalue weighted by molar-refractivity contribution is 6.31. The van der Waals surface area contributed by atoms with Crippen LogP contribution >= 0.6 is 11.6 Å². The Bertz CT molecular complexity index is 347. The van der Waals surface area contributed by atoms with Crippen molar-refractivity contribution in [1.82, 2.24) is 4.98 Å². The first kappa shape index (κ1) is 13.3. The van der Waals surface area contributed by atoms with Gasteiger partial charge in [0.2, 0.25) is 5.88 Å². The zero-order valence-corrected chi connectivity index (χ0v) is 10.7. The Balaban J connectivity index is 2.55. The molecule has 0 aliphatic heterocycles. The Labute approximate surface area is 101 Å². The second-order valence-electron chi connectivity index (χ2n) is 4.95. The van der Waals surface area contributed by atoms with Crippen LogP contribution in [-0.2, 0) is 6.61 Å². The van der Waals surface area contributed by atoms with Gasteiger partial charge in [-0.3, -0.25) is 0 Å². The summed E-state index contributed by atoms with van der Waals surface area (Å²) >= 11 is 5.96. The molecule has 0 saturated carbocycles. The SMILES string of the molecule is CC(C)(C)CCOc1ncc(CO)cc1Cl. The third-order valence-electron chi connectivity index (χ3n) is 2.14. The normalized spacial score (nSPS) is 11.6. The van der Waals surface area contributed by atoms with Gasteiger partial charge < -0.3 is 9.84 Å². The molecular formula is C12H18ClNO2. The van der Waals surface area contributed by atoms with Crippen LogP contribution in [-0.4, -0.2) is 16.7 Å². The van der Waals surface area contributed by atoms with Gasteiger partial charge in [-0.15, -0.1) is 0 Å². The van der Waals surface area contributed by atoms with E-state index in [0.29, 0.717) is 23.1 Å². The van der Waals surface area contributed by atoms with Crippen LogP contribution in [0.2, 0.25) is 5.02 Å². The standard InChI is InChI=1S/C12H18ClNO2/c1-12(2,3)4-5-16-11-10(13)6-9(8-15)7-14-11/h6-7,15H,4-5,8H2,1-3H3. The fourth-order valence-electron chi connectivity index (χ4n) is 1.11. The largest absolute Gasteiger partial charge is 0.477 e. The van der Waals surface area contributed by atoms with Crippen molar-refractivity contribution in [2.24, 2.45) is 5.41 Å². The highest BCUT2D eigenvalue weighted by atomic mass is 35.5. The van der Waals surface area contributed by atoms with E-state index < -0.39 is 0 Å². The second kappa shape index (κ2) is 5.51. The molecule has 4 heteroatoms. The van der Waals surface area contributed by atoms with Crippen LogP contribution in [0.1, 0.15) is 32.8 Å². The number of nitrogens with zero attached hydrogens (tertiary/aromatic N) is 1. The highest BCUT2D eigenvalue weighted by Crippen LogP contribution is 2.24. The van der Waals surface area contributed by atoms with Crippen molar-refractivity contribution in [2.45, 2.75) is 33.8 Å². The van der Waals surface area contributed by atoms with Crippen molar-refractivity contribution in [1.29, 1.82) is 0 Å². The molecule has 0 atom stereocenters. The number of aliphatic hydroxyl groups is 1. The fraction of sp³-hybridized carbons (Fsp3) is 0.583. The van der Waals surface area contributed by atoms with Gasteiger partial charge in [-0.1, -0.05) is 32.4 Å². The van der Waals surface area contributed by atoms with Crippen molar-refractivity contribution in [3.63, 3.8) is 0 Å².